The summed E-state index contributed by atoms with van der Waals surface area (Å²) in [5.74, 6) is 0.206. The molecule has 1 aliphatic heterocycles. The van der Waals surface area contributed by atoms with E-state index in [-0.39, 0.29) is 29.6 Å². The van der Waals surface area contributed by atoms with Crippen LogP contribution in [0.2, 0.25) is 0 Å². The molecular formula is C34H29FN2O5. The van der Waals surface area contributed by atoms with Gasteiger partial charge < -0.3 is 24.7 Å². The summed E-state index contributed by atoms with van der Waals surface area (Å²) in [5, 5.41) is 9.94. The van der Waals surface area contributed by atoms with Crippen LogP contribution in [-0.4, -0.2) is 12.6 Å². The summed E-state index contributed by atoms with van der Waals surface area (Å²) in [6, 6.07) is 27.5. The van der Waals surface area contributed by atoms with Gasteiger partial charge in [0.05, 0.1) is 18.1 Å². The maximum absolute atomic E-state index is 14.1. The number of fused-ring (bicyclic) bond motifs is 1. The largest absolute Gasteiger partial charge is 0.494 e. The summed E-state index contributed by atoms with van der Waals surface area (Å²) in [5.41, 5.74) is 8.58. The van der Waals surface area contributed by atoms with E-state index in [0.29, 0.717) is 40.5 Å². The number of carbonyl (C=O) groups is 1. The third-order valence-electron chi connectivity index (χ3n) is 6.78. The zero-order chi connectivity index (χ0) is 29.5. The number of unbranched alkanes of at least 4 members (excludes halogenated alkanes) is 1. The number of rotatable bonds is 10. The van der Waals surface area contributed by atoms with Gasteiger partial charge in [0, 0.05) is 17.2 Å². The Bertz CT molecular complexity index is 1680. The summed E-state index contributed by atoms with van der Waals surface area (Å²) in [7, 11) is 0. The average molecular weight is 565 g/mol. The van der Waals surface area contributed by atoms with E-state index < -0.39 is 11.9 Å². The lowest BCUT2D eigenvalue weighted by Crippen LogP contribution is -2.21. The highest BCUT2D eigenvalue weighted by Gasteiger charge is 2.31. The molecule has 212 valence electrons. The first kappa shape index (κ1) is 28.2. The first-order valence-corrected chi connectivity index (χ1v) is 13.6. The van der Waals surface area contributed by atoms with Crippen molar-refractivity contribution in [3.05, 3.63) is 131 Å². The smallest absolute Gasteiger partial charge is 0.343 e. The topological polar surface area (TPSA) is 104 Å². The van der Waals surface area contributed by atoms with Gasteiger partial charge in [-0.15, -0.1) is 0 Å². The summed E-state index contributed by atoms with van der Waals surface area (Å²) >= 11 is 0. The van der Waals surface area contributed by atoms with Crippen molar-refractivity contribution in [3.63, 3.8) is 0 Å². The van der Waals surface area contributed by atoms with E-state index in [1.165, 1.54) is 6.07 Å². The lowest BCUT2D eigenvalue weighted by Gasteiger charge is -2.27. The third kappa shape index (κ3) is 6.37. The quantitative estimate of drug-likeness (QED) is 0.125. The molecule has 0 bridgehead atoms. The molecule has 0 radical (unpaired) electrons. The van der Waals surface area contributed by atoms with Crippen molar-refractivity contribution >= 4 is 5.97 Å². The Morgan fingerprint density at radius 3 is 2.52 bits per heavy atom. The van der Waals surface area contributed by atoms with E-state index in [0.717, 1.165) is 18.4 Å². The van der Waals surface area contributed by atoms with Crippen molar-refractivity contribution < 1.29 is 28.1 Å². The molecule has 0 fully saturated rings. The van der Waals surface area contributed by atoms with Crippen molar-refractivity contribution in [2.75, 3.05) is 6.61 Å². The minimum Gasteiger partial charge on any atom is -0.494 e. The maximum atomic E-state index is 14.1. The number of hydrogen-bond acceptors (Lipinski definition) is 7. The molecule has 2 N–H and O–H groups in total. The Morgan fingerprint density at radius 2 is 1.74 bits per heavy atom. The van der Waals surface area contributed by atoms with Crippen LogP contribution in [0, 0.1) is 17.1 Å². The van der Waals surface area contributed by atoms with Gasteiger partial charge in [-0.1, -0.05) is 55.8 Å². The molecule has 5 rings (SSSR count). The van der Waals surface area contributed by atoms with Gasteiger partial charge in [0.15, 0.2) is 0 Å². The zero-order valence-electron chi connectivity index (χ0n) is 23.0. The molecule has 4 aromatic rings. The fraction of sp³-hybridized carbons (Fsp3) is 0.176. The molecular weight excluding hydrogens is 535 g/mol. The second-order valence-corrected chi connectivity index (χ2v) is 9.70. The van der Waals surface area contributed by atoms with Gasteiger partial charge in [-0.25, -0.2) is 9.18 Å². The molecule has 42 heavy (non-hydrogen) atoms. The Morgan fingerprint density at radius 1 is 0.952 bits per heavy atom. The monoisotopic (exact) mass is 564 g/mol. The number of hydrogen-bond donors (Lipinski definition) is 1. The standard InChI is InChI=1S/C34H29FN2O5/c1-2-3-16-39-25-11-7-10-23(18-25)34(38)41-27-14-15-28-31(19-27)42-33(37)29(20-36)32(28)22-9-6-12-26(17-22)40-21-24-8-4-5-13-30(24)35/h4-15,17-19,32H,2-3,16,21,37H2,1H3. The Balaban J connectivity index is 1.37. The average Bonchev–Trinajstić information content (AvgIpc) is 3.00. The van der Waals surface area contributed by atoms with E-state index in [1.54, 1.807) is 78.9 Å². The molecule has 0 saturated heterocycles. The van der Waals surface area contributed by atoms with E-state index in [2.05, 4.69) is 13.0 Å². The van der Waals surface area contributed by atoms with Crippen LogP contribution in [-0.2, 0) is 6.61 Å². The van der Waals surface area contributed by atoms with Crippen LogP contribution in [0.3, 0.4) is 0 Å². The normalized spacial score (nSPS) is 13.9. The van der Waals surface area contributed by atoms with E-state index >= 15 is 0 Å². The van der Waals surface area contributed by atoms with Crippen molar-refractivity contribution in [1.29, 1.82) is 5.26 Å². The Hall–Kier alpha value is -5.29. The maximum Gasteiger partial charge on any atom is 0.343 e. The summed E-state index contributed by atoms with van der Waals surface area (Å²) in [6.45, 7) is 2.69. The molecule has 1 heterocycles. The second kappa shape index (κ2) is 12.9. The van der Waals surface area contributed by atoms with Gasteiger partial charge >= 0.3 is 5.97 Å². The molecule has 8 heteroatoms. The Labute approximate surface area is 243 Å². The third-order valence-corrected chi connectivity index (χ3v) is 6.78. The zero-order valence-corrected chi connectivity index (χ0v) is 23.0. The predicted molar refractivity (Wildman–Crippen MR) is 155 cm³/mol. The fourth-order valence-electron chi connectivity index (χ4n) is 4.62. The van der Waals surface area contributed by atoms with Crippen molar-refractivity contribution in [3.8, 4) is 29.1 Å². The number of nitrogens with zero attached hydrogens (tertiary/aromatic N) is 1. The number of ether oxygens (including phenoxy) is 4. The highest BCUT2D eigenvalue weighted by atomic mass is 19.1. The van der Waals surface area contributed by atoms with E-state index in [4.69, 9.17) is 24.7 Å². The second-order valence-electron chi connectivity index (χ2n) is 9.70. The number of benzene rings is 4. The van der Waals surface area contributed by atoms with E-state index in [1.807, 2.05) is 6.07 Å². The van der Waals surface area contributed by atoms with Crippen LogP contribution in [0.4, 0.5) is 4.39 Å². The molecule has 0 spiro atoms. The number of allylic oxidation sites excluding steroid dienone is 1. The summed E-state index contributed by atoms with van der Waals surface area (Å²) < 4.78 is 37.0. The minimum absolute atomic E-state index is 0.0477. The molecule has 0 aliphatic carbocycles. The molecule has 1 atom stereocenters. The number of nitriles is 1. The molecule has 7 nitrogen and oxygen atoms in total. The number of halogens is 1. The molecule has 0 amide bonds. The van der Waals surface area contributed by atoms with Crippen molar-refractivity contribution in [2.24, 2.45) is 5.73 Å². The molecule has 1 unspecified atom stereocenters. The SMILES string of the molecule is CCCCOc1cccc(C(=O)Oc2ccc3c(c2)OC(N)=C(C#N)C3c2cccc(OCc3ccccc3F)c2)c1. The number of nitrogens with two attached hydrogens (primary N) is 1. The molecule has 0 saturated carbocycles. The van der Waals surface area contributed by atoms with Crippen molar-refractivity contribution in [2.45, 2.75) is 32.3 Å². The van der Waals surface area contributed by atoms with Gasteiger partial charge in [0.1, 0.15) is 47.1 Å². The van der Waals surface area contributed by atoms with Crippen LogP contribution in [0.1, 0.15) is 52.7 Å². The Kier molecular flexibility index (Phi) is 8.69. The molecule has 4 aromatic carbocycles. The molecule has 1 aliphatic rings. The number of carbonyl (C=O) groups excluding carboxylic acids is 1. The first-order chi connectivity index (χ1) is 20.5. The lowest BCUT2D eigenvalue weighted by atomic mass is 9.83. The van der Waals surface area contributed by atoms with E-state index in [9.17, 15) is 14.4 Å². The van der Waals surface area contributed by atoms with Crippen LogP contribution in [0.5, 0.6) is 23.0 Å². The predicted octanol–water partition coefficient (Wildman–Crippen LogP) is 7.02. The summed E-state index contributed by atoms with van der Waals surface area (Å²) in [6.07, 6.45) is 1.92. The highest BCUT2D eigenvalue weighted by molar-refractivity contribution is 5.91. The first-order valence-electron chi connectivity index (χ1n) is 13.6. The van der Waals surface area contributed by atoms with Crippen LogP contribution >= 0.6 is 0 Å². The molecule has 0 aromatic heterocycles. The fourth-order valence-corrected chi connectivity index (χ4v) is 4.62. The lowest BCUT2D eigenvalue weighted by molar-refractivity contribution is 0.0734. The van der Waals surface area contributed by atoms with Crippen LogP contribution < -0.4 is 24.7 Å². The summed E-state index contributed by atoms with van der Waals surface area (Å²) in [4.78, 5) is 12.9. The van der Waals surface area contributed by atoms with Gasteiger partial charge in [-0.2, -0.15) is 5.26 Å². The minimum atomic E-state index is -0.558. The van der Waals surface area contributed by atoms with Gasteiger partial charge in [-0.3, -0.25) is 0 Å². The highest BCUT2D eigenvalue weighted by Crippen LogP contribution is 2.44. The van der Waals surface area contributed by atoms with Gasteiger partial charge in [0.25, 0.3) is 0 Å². The van der Waals surface area contributed by atoms with Gasteiger partial charge in [-0.05, 0) is 54.4 Å². The van der Waals surface area contributed by atoms with Crippen molar-refractivity contribution in [1.82, 2.24) is 0 Å². The van der Waals surface area contributed by atoms with Crippen LogP contribution in [0.25, 0.3) is 0 Å². The number of esters is 1. The van der Waals surface area contributed by atoms with Crippen LogP contribution in [0.15, 0.2) is 102 Å². The van der Waals surface area contributed by atoms with Gasteiger partial charge in [0.2, 0.25) is 5.88 Å².